The van der Waals surface area contributed by atoms with E-state index >= 15 is 0 Å². The molecule has 1 unspecified atom stereocenters. The highest BCUT2D eigenvalue weighted by Crippen LogP contribution is 2.25. The van der Waals surface area contributed by atoms with Gasteiger partial charge in [0.1, 0.15) is 6.04 Å². The Morgan fingerprint density at radius 1 is 0.833 bits per heavy atom. The molecule has 0 radical (unpaired) electrons. The molecule has 0 bridgehead atoms. The van der Waals surface area contributed by atoms with E-state index in [-0.39, 0.29) is 31.5 Å². The number of likely N-dealkylation sites (tertiary alicyclic amines) is 1. The predicted octanol–water partition coefficient (Wildman–Crippen LogP) is 2.97. The highest BCUT2D eigenvalue weighted by molar-refractivity contribution is 6.33. The Morgan fingerprint density at radius 3 is 2.17 bits per heavy atom. The fourth-order valence-electron chi connectivity index (χ4n) is 6.46. The molecule has 42 heavy (non-hydrogen) atoms. The minimum Gasteiger partial charge on any atom is -0.379 e. The Hall–Kier alpha value is -3.40. The maximum Gasteiger partial charge on any atom is 0.411 e. The van der Waals surface area contributed by atoms with Crippen molar-refractivity contribution in [2.75, 3.05) is 39.4 Å². The number of nitrogens with zero attached hydrogens (tertiary/aromatic N) is 2. The maximum atomic E-state index is 14.3. The molecule has 5 rings (SSSR count). The van der Waals surface area contributed by atoms with Crippen LogP contribution in [0.3, 0.4) is 0 Å². The quantitative estimate of drug-likeness (QED) is 0.371. The number of morpholine rings is 1. The van der Waals surface area contributed by atoms with Crippen LogP contribution in [0.25, 0.3) is 0 Å². The van der Waals surface area contributed by atoms with Gasteiger partial charge >= 0.3 is 17.7 Å². The van der Waals surface area contributed by atoms with E-state index in [4.69, 9.17) is 4.74 Å². The zero-order valence-electron chi connectivity index (χ0n) is 24.4. The second-order valence-electron chi connectivity index (χ2n) is 11.9. The summed E-state index contributed by atoms with van der Waals surface area (Å²) in [5.74, 6) is -2.18. The third kappa shape index (κ3) is 7.32. The van der Waals surface area contributed by atoms with Gasteiger partial charge in [0.25, 0.3) is 5.91 Å². The van der Waals surface area contributed by atoms with Gasteiger partial charge in [-0.1, -0.05) is 61.7 Å². The van der Waals surface area contributed by atoms with E-state index < -0.39 is 28.2 Å². The number of rotatable bonds is 8. The second kappa shape index (κ2) is 14.2. The van der Waals surface area contributed by atoms with E-state index in [1.54, 1.807) is 12.1 Å². The highest BCUT2D eigenvalue weighted by atomic mass is 16.5. The molecular formula is C33H43N4O5+. The average molecular weight is 576 g/mol. The Labute approximate surface area is 248 Å². The number of amides is 4. The van der Waals surface area contributed by atoms with Crippen molar-refractivity contribution in [3.05, 3.63) is 71.3 Å². The molecular weight excluding hydrogens is 532 g/mol. The fraction of sp³-hybridized carbons (Fsp3) is 0.515. The number of ether oxygens (including phenoxy) is 1. The van der Waals surface area contributed by atoms with Crippen LogP contribution in [0, 0.1) is 0 Å². The lowest BCUT2D eigenvalue weighted by atomic mass is 9.95. The van der Waals surface area contributed by atoms with Crippen LogP contribution in [-0.4, -0.2) is 84.5 Å². The van der Waals surface area contributed by atoms with Crippen LogP contribution in [0.5, 0.6) is 0 Å². The summed E-state index contributed by atoms with van der Waals surface area (Å²) in [5, 5.41) is 5.86. The van der Waals surface area contributed by atoms with Gasteiger partial charge in [0.2, 0.25) is 0 Å². The molecule has 0 aromatic heterocycles. The third-order valence-electron chi connectivity index (χ3n) is 8.89. The normalized spacial score (nSPS) is 20.0. The molecule has 9 heteroatoms. The summed E-state index contributed by atoms with van der Waals surface area (Å²) in [5.41, 5.74) is 2.41. The van der Waals surface area contributed by atoms with Gasteiger partial charge in [-0.15, -0.1) is 0 Å². The Bertz CT molecular complexity index is 1230. The molecule has 2 heterocycles. The van der Waals surface area contributed by atoms with Gasteiger partial charge in [0, 0.05) is 50.5 Å². The van der Waals surface area contributed by atoms with E-state index in [9.17, 15) is 19.2 Å². The molecule has 2 N–H and O–H groups in total. The summed E-state index contributed by atoms with van der Waals surface area (Å²) in [4.78, 5) is 57.0. The van der Waals surface area contributed by atoms with Crippen molar-refractivity contribution in [2.24, 2.45) is 0 Å². The van der Waals surface area contributed by atoms with Gasteiger partial charge in [0.15, 0.2) is 0 Å². The Balaban J connectivity index is 1.32. The molecule has 1 saturated carbocycles. The summed E-state index contributed by atoms with van der Waals surface area (Å²) in [6.07, 6.45) is 6.47. The first kappa shape index (κ1) is 30.1. The minimum atomic E-state index is -0.961. The van der Waals surface area contributed by atoms with Crippen molar-refractivity contribution in [3.63, 3.8) is 0 Å². The number of nitrogens with one attached hydrogen (secondary N) is 2. The van der Waals surface area contributed by atoms with Gasteiger partial charge in [0.05, 0.1) is 26.3 Å². The zero-order valence-corrected chi connectivity index (χ0v) is 24.4. The molecule has 224 valence electrons. The molecule has 1 atom stereocenters. The predicted molar refractivity (Wildman–Crippen MR) is 158 cm³/mol. The lowest BCUT2D eigenvalue weighted by Crippen LogP contribution is -2.65. The summed E-state index contributed by atoms with van der Waals surface area (Å²) in [6.45, 7) is 4.53. The first-order valence-corrected chi connectivity index (χ1v) is 15.5. The lowest BCUT2D eigenvalue weighted by Gasteiger charge is -2.32. The van der Waals surface area contributed by atoms with E-state index in [0.29, 0.717) is 18.4 Å². The van der Waals surface area contributed by atoms with Gasteiger partial charge in [-0.3, -0.25) is 14.5 Å². The summed E-state index contributed by atoms with van der Waals surface area (Å²) < 4.78 is 4.88. The standard InChI is InChI=1S/C33H42N4O5/c38-30(27-15-13-26(14-16-27)24-36-17-21-42-22-18-36)35-29(23-25-9-3-1-4-10-25)32(40)37(19-7-8-20-37)33(41)31(39)34-28-11-5-2-6-12-28/h1,3-4,9-10,13-16,28-29H,2,5-8,11-12,17-24H2,(H-,34,35,38,39)/p+1. The van der Waals surface area contributed by atoms with Crippen LogP contribution in [0.2, 0.25) is 0 Å². The largest absolute Gasteiger partial charge is 0.411 e. The molecule has 2 aliphatic heterocycles. The first-order chi connectivity index (χ1) is 20.4. The van der Waals surface area contributed by atoms with E-state index in [0.717, 1.165) is 76.1 Å². The Morgan fingerprint density at radius 2 is 1.50 bits per heavy atom. The maximum absolute atomic E-state index is 14.3. The second-order valence-corrected chi connectivity index (χ2v) is 11.9. The summed E-state index contributed by atoms with van der Waals surface area (Å²) >= 11 is 0. The van der Waals surface area contributed by atoms with E-state index in [1.165, 1.54) is 0 Å². The van der Waals surface area contributed by atoms with Crippen molar-refractivity contribution < 1.29 is 28.4 Å². The molecule has 0 spiro atoms. The molecule has 2 aromatic rings. The fourth-order valence-corrected chi connectivity index (χ4v) is 6.46. The van der Waals surface area contributed by atoms with Crippen molar-refractivity contribution in [1.82, 2.24) is 15.5 Å². The molecule has 3 fully saturated rings. The number of carbonyl (C=O) groups excluding carboxylic acids is 4. The van der Waals surface area contributed by atoms with E-state index in [2.05, 4.69) is 15.5 Å². The van der Waals surface area contributed by atoms with Gasteiger partial charge in [-0.25, -0.2) is 9.59 Å². The van der Waals surface area contributed by atoms with Gasteiger partial charge in [-0.05, 0) is 36.1 Å². The smallest absolute Gasteiger partial charge is 0.379 e. The molecule has 3 aliphatic rings. The monoisotopic (exact) mass is 575 g/mol. The van der Waals surface area contributed by atoms with Crippen LogP contribution in [0.4, 0.5) is 0 Å². The van der Waals surface area contributed by atoms with Crippen molar-refractivity contribution in [1.29, 1.82) is 0 Å². The van der Waals surface area contributed by atoms with Crippen molar-refractivity contribution in [3.8, 4) is 0 Å². The van der Waals surface area contributed by atoms with Crippen LogP contribution >= 0.6 is 0 Å². The van der Waals surface area contributed by atoms with Crippen LogP contribution in [0.15, 0.2) is 54.6 Å². The van der Waals surface area contributed by atoms with E-state index in [1.807, 2.05) is 42.5 Å². The number of hydrogen-bond donors (Lipinski definition) is 2. The summed E-state index contributed by atoms with van der Waals surface area (Å²) in [6, 6.07) is 15.9. The van der Waals surface area contributed by atoms with Gasteiger partial charge < -0.3 is 15.4 Å². The highest BCUT2D eigenvalue weighted by Gasteiger charge is 2.53. The molecule has 9 nitrogen and oxygen atoms in total. The van der Waals surface area contributed by atoms with Crippen molar-refractivity contribution >= 4 is 23.6 Å². The van der Waals surface area contributed by atoms with Crippen LogP contribution in [-0.2, 0) is 32.1 Å². The third-order valence-corrected chi connectivity index (χ3v) is 8.89. The zero-order chi connectivity index (χ0) is 29.4. The van der Waals surface area contributed by atoms with Crippen LogP contribution < -0.4 is 10.6 Å². The number of carbonyl (C=O) groups is 4. The molecule has 2 aromatic carbocycles. The molecule has 4 amide bonds. The number of hydrogen-bond acceptors (Lipinski definition) is 6. The minimum absolute atomic E-state index is 0.0287. The van der Waals surface area contributed by atoms with Crippen molar-refractivity contribution in [2.45, 2.75) is 70.0 Å². The number of benzene rings is 2. The van der Waals surface area contributed by atoms with Crippen LogP contribution in [0.1, 0.15) is 66.4 Å². The number of imide groups is 1. The first-order valence-electron chi connectivity index (χ1n) is 15.5. The molecule has 1 aliphatic carbocycles. The summed E-state index contributed by atoms with van der Waals surface area (Å²) in [7, 11) is 0. The topological polar surface area (TPSA) is 105 Å². The SMILES string of the molecule is O=C(NC1CCCCC1)C(=O)[N+]1(C(=O)C(Cc2ccccc2)NC(=O)c2ccc(CN3CCOCC3)cc2)CCCC1. The average Bonchev–Trinajstić information content (AvgIpc) is 3.53. The van der Waals surface area contributed by atoms with Gasteiger partial charge in [-0.2, -0.15) is 4.48 Å². The Kier molecular flexibility index (Phi) is 10.2. The molecule has 2 saturated heterocycles. The lowest BCUT2D eigenvalue weighted by molar-refractivity contribution is -0.762. The number of quaternary nitrogens is 1.